The molecule has 0 amide bonds. The molecular formula is C55H35NO2S. The van der Waals surface area contributed by atoms with E-state index in [2.05, 4.69) is 217 Å². The van der Waals surface area contributed by atoms with Gasteiger partial charge < -0.3 is 14.1 Å². The van der Waals surface area contributed by atoms with Gasteiger partial charge in [-0.05, 0) is 112 Å². The monoisotopic (exact) mass is 773 g/mol. The van der Waals surface area contributed by atoms with E-state index in [1.807, 2.05) is 11.8 Å². The average molecular weight is 774 g/mol. The maximum Gasteiger partial charge on any atom is 0.137 e. The third kappa shape index (κ3) is 5.30. The van der Waals surface area contributed by atoms with Gasteiger partial charge in [0.25, 0.3) is 0 Å². The van der Waals surface area contributed by atoms with E-state index >= 15 is 0 Å². The Bertz CT molecular complexity index is 3120. The summed E-state index contributed by atoms with van der Waals surface area (Å²) < 4.78 is 13.5. The van der Waals surface area contributed by atoms with E-state index in [1.165, 1.54) is 32.0 Å². The maximum absolute atomic E-state index is 6.76. The van der Waals surface area contributed by atoms with E-state index in [0.717, 1.165) is 72.8 Å². The normalized spacial score (nSPS) is 13.3. The first-order chi connectivity index (χ1) is 29.2. The first-order valence-corrected chi connectivity index (χ1v) is 20.8. The zero-order valence-corrected chi connectivity index (χ0v) is 32.7. The number of benzene rings is 9. The second kappa shape index (κ2) is 13.4. The van der Waals surface area contributed by atoms with Crippen LogP contribution in [0.3, 0.4) is 0 Å². The molecule has 2 aliphatic heterocycles. The molecule has 10 aromatic rings. The molecule has 1 aromatic heterocycles. The highest BCUT2D eigenvalue weighted by Gasteiger charge is 2.49. The molecule has 0 bridgehead atoms. The third-order valence-corrected chi connectivity index (χ3v) is 13.1. The summed E-state index contributed by atoms with van der Waals surface area (Å²) in [4.78, 5) is 4.81. The Kier molecular flexibility index (Phi) is 7.69. The van der Waals surface area contributed by atoms with E-state index < -0.39 is 5.41 Å². The highest BCUT2D eigenvalue weighted by atomic mass is 32.2. The van der Waals surface area contributed by atoms with E-state index in [1.54, 1.807) is 0 Å². The van der Waals surface area contributed by atoms with Gasteiger partial charge in [0.15, 0.2) is 0 Å². The number of hydrogen-bond donors (Lipinski definition) is 0. The highest BCUT2D eigenvalue weighted by molar-refractivity contribution is 7.99. The molecule has 9 aromatic carbocycles. The van der Waals surface area contributed by atoms with Crippen molar-refractivity contribution >= 4 is 50.8 Å². The van der Waals surface area contributed by atoms with Crippen LogP contribution in [0.25, 0.3) is 44.2 Å². The summed E-state index contributed by atoms with van der Waals surface area (Å²) in [6, 6.07) is 75.9. The van der Waals surface area contributed by atoms with Gasteiger partial charge in [0.1, 0.15) is 22.7 Å². The summed E-state index contributed by atoms with van der Waals surface area (Å²) in [6.45, 7) is 0. The van der Waals surface area contributed by atoms with Crippen molar-refractivity contribution in [2.45, 2.75) is 15.2 Å². The van der Waals surface area contributed by atoms with E-state index in [0.29, 0.717) is 0 Å². The molecule has 0 unspecified atom stereocenters. The fourth-order valence-corrected chi connectivity index (χ4v) is 10.5. The zero-order valence-electron chi connectivity index (χ0n) is 31.9. The molecule has 12 rings (SSSR count). The van der Waals surface area contributed by atoms with Gasteiger partial charge in [-0.15, -0.1) is 0 Å². The van der Waals surface area contributed by atoms with E-state index in [4.69, 9.17) is 9.15 Å². The summed E-state index contributed by atoms with van der Waals surface area (Å²) in [5.74, 6) is 1.77. The first kappa shape index (κ1) is 33.8. The Balaban J connectivity index is 0.974. The van der Waals surface area contributed by atoms with Gasteiger partial charge in [0.05, 0.1) is 5.41 Å². The predicted octanol–water partition coefficient (Wildman–Crippen LogP) is 15.3. The number of nitrogens with zero attached hydrogens (tertiary/aromatic N) is 1. The molecular weight excluding hydrogens is 739 g/mol. The van der Waals surface area contributed by atoms with Crippen molar-refractivity contribution in [1.82, 2.24) is 0 Å². The topological polar surface area (TPSA) is 25.6 Å². The van der Waals surface area contributed by atoms with Crippen LogP contribution in [0.1, 0.15) is 22.3 Å². The number of para-hydroxylation sites is 2. The maximum atomic E-state index is 6.76. The molecule has 4 heteroatoms. The molecule has 0 radical (unpaired) electrons. The van der Waals surface area contributed by atoms with Crippen LogP contribution in [0.4, 0.5) is 17.1 Å². The predicted molar refractivity (Wildman–Crippen MR) is 242 cm³/mol. The number of hydrogen-bond acceptors (Lipinski definition) is 4. The lowest BCUT2D eigenvalue weighted by molar-refractivity contribution is 0.431. The zero-order chi connectivity index (χ0) is 38.9. The van der Waals surface area contributed by atoms with Crippen molar-refractivity contribution in [2.24, 2.45) is 0 Å². The van der Waals surface area contributed by atoms with Crippen molar-refractivity contribution in [3.63, 3.8) is 0 Å². The molecule has 2 aliphatic rings. The number of anilines is 3. The quantitative estimate of drug-likeness (QED) is 0.174. The molecule has 0 N–H and O–H groups in total. The molecule has 59 heavy (non-hydrogen) atoms. The highest BCUT2D eigenvalue weighted by Crippen LogP contribution is 2.61. The van der Waals surface area contributed by atoms with Crippen LogP contribution < -0.4 is 9.64 Å². The van der Waals surface area contributed by atoms with Crippen LogP contribution >= 0.6 is 11.8 Å². The van der Waals surface area contributed by atoms with Gasteiger partial charge in [-0.25, -0.2) is 0 Å². The lowest BCUT2D eigenvalue weighted by Gasteiger charge is -2.45. The minimum atomic E-state index is -0.551. The van der Waals surface area contributed by atoms with E-state index in [9.17, 15) is 0 Å². The molecule has 0 saturated heterocycles. The van der Waals surface area contributed by atoms with Crippen molar-refractivity contribution in [1.29, 1.82) is 0 Å². The Labute approximate surface area is 346 Å². The van der Waals surface area contributed by atoms with Crippen LogP contribution in [0.15, 0.2) is 227 Å². The second-order valence-electron chi connectivity index (χ2n) is 15.2. The van der Waals surface area contributed by atoms with Crippen molar-refractivity contribution < 1.29 is 9.15 Å². The van der Waals surface area contributed by atoms with Crippen LogP contribution in [-0.2, 0) is 5.41 Å². The summed E-state index contributed by atoms with van der Waals surface area (Å²) in [5.41, 5.74) is 13.8. The summed E-state index contributed by atoms with van der Waals surface area (Å²) in [7, 11) is 0. The Morgan fingerprint density at radius 3 is 1.61 bits per heavy atom. The lowest BCUT2D eigenvalue weighted by Crippen LogP contribution is -2.36. The second-order valence-corrected chi connectivity index (χ2v) is 16.3. The molecule has 3 nitrogen and oxygen atoms in total. The van der Waals surface area contributed by atoms with Gasteiger partial charge in [0.2, 0.25) is 0 Å². The summed E-state index contributed by atoms with van der Waals surface area (Å²) in [5, 5.41) is 2.18. The average Bonchev–Trinajstić information content (AvgIpc) is 3.67. The minimum Gasteiger partial charge on any atom is -0.457 e. The van der Waals surface area contributed by atoms with Gasteiger partial charge in [-0.3, -0.25) is 0 Å². The van der Waals surface area contributed by atoms with Crippen LogP contribution in [0, 0.1) is 0 Å². The largest absolute Gasteiger partial charge is 0.457 e. The minimum absolute atomic E-state index is 0.551. The summed E-state index contributed by atoms with van der Waals surface area (Å²) >= 11 is 1.85. The molecule has 0 aliphatic carbocycles. The number of rotatable bonds is 5. The lowest BCUT2D eigenvalue weighted by atomic mass is 9.63. The molecule has 278 valence electrons. The Morgan fingerprint density at radius 1 is 0.356 bits per heavy atom. The van der Waals surface area contributed by atoms with Crippen LogP contribution in [-0.4, -0.2) is 0 Å². The van der Waals surface area contributed by atoms with Crippen molar-refractivity contribution in [2.75, 3.05) is 4.90 Å². The number of ether oxygens (including phenoxy) is 1. The number of furan rings is 1. The van der Waals surface area contributed by atoms with Gasteiger partial charge in [-0.2, -0.15) is 0 Å². The van der Waals surface area contributed by atoms with Gasteiger partial charge in [-0.1, -0.05) is 139 Å². The Hall–Kier alpha value is -7.27. The number of fused-ring (bicyclic) bond motifs is 11. The molecule has 0 atom stereocenters. The molecule has 3 heterocycles. The fourth-order valence-electron chi connectivity index (χ4n) is 9.34. The molecule has 0 fully saturated rings. The molecule has 1 spiro atoms. The van der Waals surface area contributed by atoms with Crippen molar-refractivity contribution in [3.8, 4) is 33.8 Å². The third-order valence-electron chi connectivity index (χ3n) is 12.0. The van der Waals surface area contributed by atoms with Gasteiger partial charge in [0, 0.05) is 54.8 Å². The van der Waals surface area contributed by atoms with Crippen molar-refractivity contribution in [3.05, 3.63) is 235 Å². The first-order valence-electron chi connectivity index (χ1n) is 20.0. The fraction of sp³-hybridized carbons (Fsp3) is 0.0182. The smallest absolute Gasteiger partial charge is 0.137 e. The standard InChI is InChI=1S/C55H35NO2S/c1-3-13-36(14-4-1)37-23-27-41(28-24-37)56(40-15-5-2-6-16-40)42-29-31-44-43-30-25-39(34-51(43)58-52(44)35-42)38-26-32-50-48(33-38)55(45-17-7-10-20-49(45)57-50)46-18-8-11-21-53(46)59-54-22-12-9-19-47(54)55/h1-35H. The Morgan fingerprint density at radius 2 is 0.864 bits per heavy atom. The summed E-state index contributed by atoms with van der Waals surface area (Å²) in [6.07, 6.45) is 0. The van der Waals surface area contributed by atoms with Crippen LogP contribution in [0.2, 0.25) is 0 Å². The SMILES string of the molecule is c1ccc(-c2ccc(N(c3ccccc3)c3ccc4c(c3)oc3cc(-c5ccc6c(c5)C5(c7ccccc7O6)c6ccccc6Sc6ccccc65)ccc34)cc2)cc1. The molecule has 0 saturated carbocycles. The van der Waals surface area contributed by atoms with Gasteiger partial charge >= 0.3 is 0 Å². The van der Waals surface area contributed by atoms with E-state index in [-0.39, 0.29) is 0 Å². The van der Waals surface area contributed by atoms with Crippen LogP contribution in [0.5, 0.6) is 11.5 Å².